The molecule has 0 aliphatic rings. The van der Waals surface area contributed by atoms with Gasteiger partial charge in [0.1, 0.15) is 5.78 Å². The smallest absolute Gasteiger partial charge is 0.222 e. The first-order valence-electron chi connectivity index (χ1n) is 4.65. The van der Waals surface area contributed by atoms with Crippen molar-refractivity contribution in [2.45, 2.75) is 33.1 Å². The quantitative estimate of drug-likeness (QED) is 0.650. The van der Waals surface area contributed by atoms with Gasteiger partial charge in [-0.2, -0.15) is 0 Å². The Morgan fingerprint density at radius 1 is 1.15 bits per heavy atom. The van der Waals surface area contributed by atoms with Crippen LogP contribution in [0.4, 0.5) is 0 Å². The van der Waals surface area contributed by atoms with E-state index in [1.165, 1.54) is 4.90 Å². The predicted octanol–water partition coefficient (Wildman–Crippen LogP) is 1.47. The first-order valence-corrected chi connectivity index (χ1v) is 4.65. The minimum absolute atomic E-state index is 0.0251. The van der Waals surface area contributed by atoms with Crippen LogP contribution in [0, 0.1) is 5.92 Å². The molecule has 0 heterocycles. The normalized spacial score (nSPS) is 10.2. The van der Waals surface area contributed by atoms with Gasteiger partial charge in [-0.3, -0.25) is 9.59 Å². The van der Waals surface area contributed by atoms with Crippen molar-refractivity contribution in [2.24, 2.45) is 5.92 Å². The van der Waals surface area contributed by atoms with Gasteiger partial charge in [0.2, 0.25) is 5.91 Å². The molecule has 0 saturated carbocycles. The molecule has 76 valence electrons. The fraction of sp³-hybridized carbons (Fsp3) is 0.800. The number of carbonyl (C=O) groups excluding carboxylic acids is 2. The summed E-state index contributed by atoms with van der Waals surface area (Å²) < 4.78 is 0. The van der Waals surface area contributed by atoms with E-state index in [1.807, 2.05) is 13.8 Å². The number of rotatable bonds is 5. The maximum absolute atomic E-state index is 11.2. The third-order valence-corrected chi connectivity index (χ3v) is 1.75. The third-order valence-electron chi connectivity index (χ3n) is 1.75. The number of hydrogen-bond donors (Lipinski definition) is 0. The van der Waals surface area contributed by atoms with Crippen molar-refractivity contribution in [3.05, 3.63) is 0 Å². The standard InChI is InChI=1S/C10H19NO2/c1-8(2)7-9(12)5-6-10(13)11(3)4/h8H,5-7H2,1-4H3. The van der Waals surface area contributed by atoms with Crippen LogP contribution in [0.25, 0.3) is 0 Å². The van der Waals surface area contributed by atoms with Gasteiger partial charge < -0.3 is 4.90 Å². The van der Waals surface area contributed by atoms with Crippen LogP contribution in [0.1, 0.15) is 33.1 Å². The topological polar surface area (TPSA) is 37.4 Å². The zero-order valence-corrected chi connectivity index (χ0v) is 8.96. The summed E-state index contributed by atoms with van der Waals surface area (Å²) in [5.41, 5.74) is 0. The largest absolute Gasteiger partial charge is 0.349 e. The summed E-state index contributed by atoms with van der Waals surface area (Å²) in [7, 11) is 3.41. The molecule has 0 N–H and O–H groups in total. The first-order chi connectivity index (χ1) is 5.93. The second-order valence-electron chi connectivity index (χ2n) is 3.92. The molecule has 0 fully saturated rings. The molecule has 1 amide bonds. The Balaban J connectivity index is 3.64. The first kappa shape index (κ1) is 12.1. The monoisotopic (exact) mass is 185 g/mol. The van der Waals surface area contributed by atoms with Crippen LogP contribution in [-0.2, 0) is 9.59 Å². The highest BCUT2D eigenvalue weighted by atomic mass is 16.2. The number of hydrogen-bond acceptors (Lipinski definition) is 2. The minimum atomic E-state index is 0.0251. The van der Waals surface area contributed by atoms with Gasteiger partial charge in [0.05, 0.1) is 0 Å². The highest BCUT2D eigenvalue weighted by Gasteiger charge is 2.09. The van der Waals surface area contributed by atoms with Crippen molar-refractivity contribution in [2.75, 3.05) is 14.1 Å². The van der Waals surface area contributed by atoms with Crippen molar-refractivity contribution in [1.29, 1.82) is 0 Å². The van der Waals surface area contributed by atoms with Crippen LogP contribution in [0.3, 0.4) is 0 Å². The fourth-order valence-electron chi connectivity index (χ4n) is 1.03. The van der Waals surface area contributed by atoms with Crippen molar-refractivity contribution in [3.63, 3.8) is 0 Å². The van der Waals surface area contributed by atoms with Gasteiger partial charge in [0, 0.05) is 33.4 Å². The van der Waals surface area contributed by atoms with Crippen LogP contribution in [0.2, 0.25) is 0 Å². The van der Waals surface area contributed by atoms with E-state index in [2.05, 4.69) is 0 Å². The van der Waals surface area contributed by atoms with E-state index in [0.29, 0.717) is 25.2 Å². The van der Waals surface area contributed by atoms with Gasteiger partial charge in [0.15, 0.2) is 0 Å². The Bertz CT molecular complexity index is 185. The molecule has 3 nitrogen and oxygen atoms in total. The summed E-state index contributed by atoms with van der Waals surface area (Å²) in [6.07, 6.45) is 1.31. The molecule has 0 aromatic heterocycles. The zero-order chi connectivity index (χ0) is 10.4. The van der Waals surface area contributed by atoms with E-state index < -0.39 is 0 Å². The second kappa shape index (κ2) is 5.73. The molecule has 0 aliphatic heterocycles. The van der Waals surface area contributed by atoms with Crippen molar-refractivity contribution in [1.82, 2.24) is 4.90 Å². The highest BCUT2D eigenvalue weighted by Crippen LogP contribution is 2.05. The maximum Gasteiger partial charge on any atom is 0.222 e. The van der Waals surface area contributed by atoms with Gasteiger partial charge in [0.25, 0.3) is 0 Å². The predicted molar refractivity (Wildman–Crippen MR) is 52.4 cm³/mol. The molecule has 3 heteroatoms. The summed E-state index contributed by atoms with van der Waals surface area (Å²) >= 11 is 0. The lowest BCUT2D eigenvalue weighted by Crippen LogP contribution is -2.22. The van der Waals surface area contributed by atoms with Crippen molar-refractivity contribution >= 4 is 11.7 Å². The van der Waals surface area contributed by atoms with Gasteiger partial charge in [-0.25, -0.2) is 0 Å². The van der Waals surface area contributed by atoms with Gasteiger partial charge >= 0.3 is 0 Å². The summed E-state index contributed by atoms with van der Waals surface area (Å²) in [6.45, 7) is 4.01. The van der Waals surface area contributed by atoms with E-state index in [9.17, 15) is 9.59 Å². The average molecular weight is 185 g/mol. The van der Waals surface area contributed by atoms with Crippen LogP contribution in [0.15, 0.2) is 0 Å². The molecular formula is C10H19NO2. The molecule has 0 spiro atoms. The van der Waals surface area contributed by atoms with E-state index >= 15 is 0 Å². The lowest BCUT2D eigenvalue weighted by atomic mass is 10.0. The SMILES string of the molecule is CC(C)CC(=O)CCC(=O)N(C)C. The molecule has 0 saturated heterocycles. The number of ketones is 1. The Labute approximate surface area is 80.1 Å². The van der Waals surface area contributed by atoms with Gasteiger partial charge in [-0.1, -0.05) is 13.8 Å². The number of amides is 1. The van der Waals surface area contributed by atoms with Crippen molar-refractivity contribution < 1.29 is 9.59 Å². The number of nitrogens with zero attached hydrogens (tertiary/aromatic N) is 1. The number of Topliss-reactive ketones (excluding diaryl/α,β-unsaturated/α-hetero) is 1. The lowest BCUT2D eigenvalue weighted by molar-refractivity contribution is -0.131. The Morgan fingerprint density at radius 2 is 1.69 bits per heavy atom. The van der Waals surface area contributed by atoms with Gasteiger partial charge in [-0.05, 0) is 5.92 Å². The molecule has 0 atom stereocenters. The summed E-state index contributed by atoms with van der Waals surface area (Å²) in [6, 6.07) is 0. The average Bonchev–Trinajstić information content (AvgIpc) is 1.98. The van der Waals surface area contributed by atoms with E-state index in [-0.39, 0.29) is 11.7 Å². The molecule has 0 rings (SSSR count). The Kier molecular flexibility index (Phi) is 5.35. The lowest BCUT2D eigenvalue weighted by Gasteiger charge is -2.09. The molecule has 0 aliphatic carbocycles. The van der Waals surface area contributed by atoms with Gasteiger partial charge in [-0.15, -0.1) is 0 Å². The van der Waals surface area contributed by atoms with Crippen LogP contribution < -0.4 is 0 Å². The third kappa shape index (κ3) is 6.31. The summed E-state index contributed by atoms with van der Waals surface area (Å²) in [5.74, 6) is 0.601. The van der Waals surface area contributed by atoms with E-state index in [1.54, 1.807) is 14.1 Å². The molecular weight excluding hydrogens is 166 g/mol. The molecule has 0 bridgehead atoms. The number of carbonyl (C=O) groups is 2. The van der Waals surface area contributed by atoms with E-state index in [4.69, 9.17) is 0 Å². The van der Waals surface area contributed by atoms with Crippen molar-refractivity contribution in [3.8, 4) is 0 Å². The molecule has 0 unspecified atom stereocenters. The molecule has 0 aromatic rings. The second-order valence-corrected chi connectivity index (χ2v) is 3.92. The summed E-state index contributed by atoms with van der Waals surface area (Å²) in [4.78, 5) is 23.8. The Morgan fingerprint density at radius 3 is 2.08 bits per heavy atom. The molecule has 13 heavy (non-hydrogen) atoms. The molecule has 0 radical (unpaired) electrons. The molecule has 0 aromatic carbocycles. The Hall–Kier alpha value is -0.860. The maximum atomic E-state index is 11.2. The highest BCUT2D eigenvalue weighted by molar-refractivity contribution is 5.84. The van der Waals surface area contributed by atoms with Crippen LogP contribution in [0.5, 0.6) is 0 Å². The fourth-order valence-corrected chi connectivity index (χ4v) is 1.03. The zero-order valence-electron chi connectivity index (χ0n) is 8.96. The van der Waals surface area contributed by atoms with E-state index in [0.717, 1.165) is 0 Å². The van der Waals surface area contributed by atoms with Crippen LogP contribution >= 0.6 is 0 Å². The van der Waals surface area contributed by atoms with Crippen LogP contribution in [-0.4, -0.2) is 30.7 Å². The minimum Gasteiger partial charge on any atom is -0.349 e. The summed E-state index contributed by atoms with van der Waals surface area (Å²) in [5, 5.41) is 0.